The van der Waals surface area contributed by atoms with Crippen molar-refractivity contribution in [1.29, 1.82) is 0 Å². The average Bonchev–Trinajstić information content (AvgIpc) is 2.50. The molecule has 1 aliphatic carbocycles. The zero-order valence-electron chi connectivity index (χ0n) is 5.15. The van der Waals surface area contributed by atoms with Crippen LogP contribution < -0.4 is 0 Å². The van der Waals surface area contributed by atoms with E-state index < -0.39 is 0 Å². The van der Waals surface area contributed by atoms with Crippen molar-refractivity contribution in [2.75, 3.05) is 0 Å². The number of hydrogen-bond acceptors (Lipinski definition) is 0. The molecule has 0 aliphatic heterocycles. The third-order valence-electron chi connectivity index (χ3n) is 1.58. The summed E-state index contributed by atoms with van der Waals surface area (Å²) in [5.74, 6) is 0. The highest BCUT2D eigenvalue weighted by atomic mass is 14.3. The van der Waals surface area contributed by atoms with Gasteiger partial charge in [0.05, 0.1) is 0 Å². The first-order valence-electron chi connectivity index (χ1n) is 2.90. The van der Waals surface area contributed by atoms with Crippen LogP contribution in [0.1, 0.15) is 13.3 Å². The summed E-state index contributed by atoms with van der Waals surface area (Å²) in [5.41, 5.74) is 3.08. The molecule has 0 unspecified atom stereocenters. The lowest BCUT2D eigenvalue weighted by Gasteiger charge is -2.01. The third-order valence-corrected chi connectivity index (χ3v) is 1.58. The first kappa shape index (κ1) is 5.40. The summed E-state index contributed by atoms with van der Waals surface area (Å²) in [7, 11) is 0. The predicted octanol–water partition coefficient (Wildman–Crippen LogP) is 2.29. The van der Waals surface area contributed by atoms with E-state index in [2.05, 4.69) is 31.4 Å². The van der Waals surface area contributed by atoms with Crippen LogP contribution in [0.4, 0.5) is 0 Å². The Morgan fingerprint density at radius 3 is 2.50 bits per heavy atom. The summed E-state index contributed by atoms with van der Waals surface area (Å²) in [6.07, 6.45) is 7.50. The molecule has 0 saturated heterocycles. The van der Waals surface area contributed by atoms with Gasteiger partial charge in [0.15, 0.2) is 0 Å². The van der Waals surface area contributed by atoms with Crippen molar-refractivity contribution in [3.8, 4) is 0 Å². The van der Waals surface area contributed by atoms with Crippen molar-refractivity contribution in [3.05, 3.63) is 30.5 Å². The van der Waals surface area contributed by atoms with Gasteiger partial charge in [-0.2, -0.15) is 0 Å². The first-order chi connectivity index (χ1) is 3.83. The van der Waals surface area contributed by atoms with Crippen molar-refractivity contribution < 1.29 is 0 Å². The van der Waals surface area contributed by atoms with Crippen LogP contribution >= 0.6 is 0 Å². The monoisotopic (exact) mass is 106 g/mol. The Morgan fingerprint density at radius 2 is 2.38 bits per heavy atom. The standard InChI is InChI=1S/C8H10/c1-3-5-8(4-2)6-7-8/h5-7H,1,4H2,2H3. The minimum atomic E-state index is 0.293. The molecule has 0 radical (unpaired) electrons. The molecule has 0 fully saturated rings. The van der Waals surface area contributed by atoms with Gasteiger partial charge in [0.2, 0.25) is 0 Å². The fraction of sp³-hybridized carbons (Fsp3) is 0.375. The fourth-order valence-corrected chi connectivity index (χ4v) is 0.731. The van der Waals surface area contributed by atoms with Crippen LogP contribution in [0.2, 0.25) is 0 Å². The largest absolute Gasteiger partial charge is 0.132 e. The lowest BCUT2D eigenvalue weighted by molar-refractivity contribution is 0.693. The van der Waals surface area contributed by atoms with Gasteiger partial charge >= 0.3 is 0 Å². The van der Waals surface area contributed by atoms with Crippen molar-refractivity contribution in [1.82, 2.24) is 0 Å². The van der Waals surface area contributed by atoms with Crippen molar-refractivity contribution >= 4 is 0 Å². The maximum absolute atomic E-state index is 3.51. The predicted molar refractivity (Wildman–Crippen MR) is 35.6 cm³/mol. The maximum atomic E-state index is 3.51. The summed E-state index contributed by atoms with van der Waals surface area (Å²) in [6, 6.07) is 0. The summed E-state index contributed by atoms with van der Waals surface area (Å²) in [5, 5.41) is 0. The van der Waals surface area contributed by atoms with E-state index in [9.17, 15) is 0 Å². The molecule has 0 atom stereocenters. The van der Waals surface area contributed by atoms with Gasteiger partial charge in [-0.3, -0.25) is 0 Å². The van der Waals surface area contributed by atoms with Gasteiger partial charge in [-0.1, -0.05) is 25.7 Å². The van der Waals surface area contributed by atoms with Crippen molar-refractivity contribution in [3.63, 3.8) is 0 Å². The smallest absolute Gasteiger partial charge is 0.0314 e. The topological polar surface area (TPSA) is 0 Å². The summed E-state index contributed by atoms with van der Waals surface area (Å²) in [4.78, 5) is 0. The van der Waals surface area contributed by atoms with Crippen LogP contribution in [0.3, 0.4) is 0 Å². The minimum Gasteiger partial charge on any atom is -0.132 e. The Bertz CT molecular complexity index is 151. The van der Waals surface area contributed by atoms with Gasteiger partial charge in [-0.05, 0) is 12.5 Å². The third kappa shape index (κ3) is 0.753. The van der Waals surface area contributed by atoms with Crippen molar-refractivity contribution in [2.45, 2.75) is 13.3 Å². The Hall–Kier alpha value is -0.740. The molecule has 0 heteroatoms. The molecule has 0 aromatic carbocycles. The second-order valence-corrected chi connectivity index (χ2v) is 2.15. The molecule has 0 nitrogen and oxygen atoms in total. The maximum Gasteiger partial charge on any atom is 0.0314 e. The van der Waals surface area contributed by atoms with Crippen LogP contribution in [-0.2, 0) is 0 Å². The molecule has 42 valence electrons. The SMILES string of the molecule is C=C=CC1(CC)C=C1. The summed E-state index contributed by atoms with van der Waals surface area (Å²) in [6.45, 7) is 5.67. The summed E-state index contributed by atoms with van der Waals surface area (Å²) >= 11 is 0. The summed E-state index contributed by atoms with van der Waals surface area (Å²) < 4.78 is 0. The molecule has 0 amide bonds. The van der Waals surface area contributed by atoms with E-state index in [4.69, 9.17) is 0 Å². The van der Waals surface area contributed by atoms with Gasteiger partial charge in [0, 0.05) is 5.41 Å². The first-order valence-corrected chi connectivity index (χ1v) is 2.90. The molecular formula is C8H10. The number of hydrogen-bond donors (Lipinski definition) is 0. The molecule has 8 heavy (non-hydrogen) atoms. The van der Waals surface area contributed by atoms with E-state index in [1.807, 2.05) is 6.08 Å². The highest BCUT2D eigenvalue weighted by Crippen LogP contribution is 2.38. The molecule has 0 aromatic rings. The lowest BCUT2D eigenvalue weighted by atomic mass is 10.0. The highest BCUT2D eigenvalue weighted by Gasteiger charge is 2.27. The molecular weight excluding hydrogens is 96.1 g/mol. The van der Waals surface area contributed by atoms with E-state index in [0.717, 1.165) is 6.42 Å². The zero-order valence-corrected chi connectivity index (χ0v) is 5.15. The Kier molecular flexibility index (Phi) is 1.11. The van der Waals surface area contributed by atoms with Crippen LogP contribution in [0.15, 0.2) is 30.5 Å². The van der Waals surface area contributed by atoms with Gasteiger partial charge in [-0.25, -0.2) is 0 Å². The van der Waals surface area contributed by atoms with Crippen LogP contribution in [0, 0.1) is 5.41 Å². The van der Waals surface area contributed by atoms with Crippen molar-refractivity contribution in [2.24, 2.45) is 5.41 Å². The van der Waals surface area contributed by atoms with E-state index >= 15 is 0 Å². The molecule has 0 heterocycles. The molecule has 0 spiro atoms. The van der Waals surface area contributed by atoms with Gasteiger partial charge < -0.3 is 0 Å². The Morgan fingerprint density at radius 1 is 1.75 bits per heavy atom. The quantitative estimate of drug-likeness (QED) is 0.374. The number of rotatable bonds is 2. The average molecular weight is 106 g/mol. The fourth-order valence-electron chi connectivity index (χ4n) is 0.731. The molecule has 0 saturated carbocycles. The molecule has 1 aliphatic rings. The second-order valence-electron chi connectivity index (χ2n) is 2.15. The Labute approximate surface area is 50.2 Å². The van der Waals surface area contributed by atoms with E-state index in [1.54, 1.807) is 0 Å². The molecule has 0 N–H and O–H groups in total. The van der Waals surface area contributed by atoms with Crippen LogP contribution in [0.25, 0.3) is 0 Å². The van der Waals surface area contributed by atoms with Crippen LogP contribution in [-0.4, -0.2) is 0 Å². The van der Waals surface area contributed by atoms with Gasteiger partial charge in [0.25, 0.3) is 0 Å². The molecule has 0 bridgehead atoms. The van der Waals surface area contributed by atoms with Crippen LogP contribution in [0.5, 0.6) is 0 Å². The lowest BCUT2D eigenvalue weighted by Crippen LogP contribution is -1.91. The van der Waals surface area contributed by atoms with Gasteiger partial charge in [-0.15, -0.1) is 5.73 Å². The normalized spacial score (nSPS) is 19.6. The zero-order chi connectivity index (χ0) is 6.04. The highest BCUT2D eigenvalue weighted by molar-refractivity contribution is 5.33. The number of allylic oxidation sites excluding steroid dienone is 3. The molecule has 1 rings (SSSR count). The molecule has 0 aromatic heterocycles. The van der Waals surface area contributed by atoms with E-state index in [1.165, 1.54) is 0 Å². The van der Waals surface area contributed by atoms with Gasteiger partial charge in [0.1, 0.15) is 0 Å². The Balaban J connectivity index is 2.55. The van der Waals surface area contributed by atoms with E-state index in [-0.39, 0.29) is 0 Å². The second kappa shape index (κ2) is 1.65. The van der Waals surface area contributed by atoms with E-state index in [0.29, 0.717) is 5.41 Å². The minimum absolute atomic E-state index is 0.293.